The van der Waals surface area contributed by atoms with Gasteiger partial charge >= 0.3 is 0 Å². The zero-order valence-corrected chi connectivity index (χ0v) is 11.3. The highest BCUT2D eigenvalue weighted by Crippen LogP contribution is 2.19. The van der Waals surface area contributed by atoms with E-state index < -0.39 is 6.67 Å². The molecule has 106 valence electrons. The maximum atomic E-state index is 12.0. The van der Waals surface area contributed by atoms with E-state index in [0.29, 0.717) is 12.4 Å². The van der Waals surface area contributed by atoms with Gasteiger partial charge in [-0.15, -0.1) is 0 Å². The third-order valence-corrected chi connectivity index (χ3v) is 2.73. The molecule has 0 radical (unpaired) electrons. The molecule has 0 bridgehead atoms. The number of alkyl halides is 1. The van der Waals surface area contributed by atoms with E-state index in [1.165, 1.54) is 0 Å². The lowest BCUT2D eigenvalue weighted by Crippen LogP contribution is -1.99. The summed E-state index contributed by atoms with van der Waals surface area (Å²) in [5, 5.41) is 0. The van der Waals surface area contributed by atoms with Crippen molar-refractivity contribution in [3.63, 3.8) is 0 Å². The van der Waals surface area contributed by atoms with Crippen molar-refractivity contribution in [3.05, 3.63) is 54.1 Å². The van der Waals surface area contributed by atoms with E-state index in [-0.39, 0.29) is 6.61 Å². The van der Waals surface area contributed by atoms with Gasteiger partial charge in [0, 0.05) is 0 Å². The van der Waals surface area contributed by atoms with Crippen LogP contribution in [0.2, 0.25) is 0 Å². The molecule has 2 aromatic carbocycles. The van der Waals surface area contributed by atoms with Crippen molar-refractivity contribution < 1.29 is 18.6 Å². The first-order valence-corrected chi connectivity index (χ1v) is 6.36. The highest BCUT2D eigenvalue weighted by Gasteiger charge is 1.98. The molecule has 0 saturated carbocycles. The Bertz CT molecular complexity index is 508. The summed E-state index contributed by atoms with van der Waals surface area (Å²) in [6.07, 6.45) is 0. The lowest BCUT2D eigenvalue weighted by Gasteiger charge is -2.08. The molecule has 0 aliphatic carbocycles. The summed E-state index contributed by atoms with van der Waals surface area (Å²) < 4.78 is 27.9. The number of benzene rings is 2. The monoisotopic (exact) mass is 275 g/mol. The van der Waals surface area contributed by atoms with Gasteiger partial charge in [0.25, 0.3) is 0 Å². The first-order chi connectivity index (χ1) is 9.81. The molecule has 0 fully saturated rings. The Morgan fingerprint density at radius 1 is 0.800 bits per heavy atom. The lowest BCUT2D eigenvalue weighted by atomic mass is 10.2. The number of halogens is 1. The largest absolute Gasteiger partial charge is 0.497 e. The van der Waals surface area contributed by atoms with E-state index in [9.17, 15) is 4.39 Å². The minimum atomic E-state index is -0.484. The highest BCUT2D eigenvalue weighted by molar-refractivity contribution is 5.32. The second-order valence-corrected chi connectivity index (χ2v) is 4.15. The van der Waals surface area contributed by atoms with Gasteiger partial charge in [-0.05, 0) is 42.0 Å². The molecular weight excluding hydrogens is 258 g/mol. The Morgan fingerprint density at radius 2 is 1.35 bits per heavy atom. The predicted octanol–water partition coefficient (Wildman–Crippen LogP) is 3.62. The first-order valence-electron chi connectivity index (χ1n) is 6.36. The van der Waals surface area contributed by atoms with Crippen LogP contribution in [0.4, 0.5) is 4.39 Å². The molecule has 0 aliphatic heterocycles. The number of rotatable bonds is 7. The number of ether oxygens (including phenoxy) is 3. The van der Waals surface area contributed by atoms with E-state index in [0.717, 1.165) is 17.1 Å². The van der Waals surface area contributed by atoms with Crippen molar-refractivity contribution in [1.82, 2.24) is 0 Å². The van der Waals surface area contributed by atoms with Gasteiger partial charge in [-0.3, -0.25) is 0 Å². The highest BCUT2D eigenvalue weighted by atomic mass is 18.2. The van der Waals surface area contributed by atoms with Gasteiger partial charge in [-0.25, -0.2) is 4.39 Å². The van der Waals surface area contributed by atoms with Gasteiger partial charge in [-0.2, -0.15) is 0 Å². The smallest absolute Gasteiger partial charge is 0.123 e. The summed E-state index contributed by atoms with van der Waals surface area (Å²) >= 11 is 0. The predicted molar refractivity (Wildman–Crippen MR) is 75.2 cm³/mol. The molecule has 2 aromatic rings. The Kier molecular flexibility index (Phi) is 5.24. The Balaban J connectivity index is 1.86. The number of methoxy groups -OCH3 is 1. The van der Waals surface area contributed by atoms with Gasteiger partial charge in [-0.1, -0.05) is 12.1 Å². The van der Waals surface area contributed by atoms with Crippen LogP contribution in [0.25, 0.3) is 0 Å². The van der Waals surface area contributed by atoms with Crippen LogP contribution in [0.15, 0.2) is 48.5 Å². The van der Waals surface area contributed by atoms with Crippen molar-refractivity contribution in [3.8, 4) is 17.2 Å². The molecule has 0 N–H and O–H groups in total. The fourth-order valence-electron chi connectivity index (χ4n) is 1.68. The normalized spacial score (nSPS) is 10.1. The van der Waals surface area contributed by atoms with E-state index in [2.05, 4.69) is 0 Å². The Hall–Kier alpha value is -2.23. The number of hydrogen-bond acceptors (Lipinski definition) is 3. The number of hydrogen-bond donors (Lipinski definition) is 0. The fraction of sp³-hybridized carbons (Fsp3) is 0.250. The second kappa shape index (κ2) is 7.38. The third kappa shape index (κ3) is 4.16. The minimum Gasteiger partial charge on any atom is -0.497 e. The zero-order chi connectivity index (χ0) is 14.2. The van der Waals surface area contributed by atoms with Crippen molar-refractivity contribution >= 4 is 0 Å². The van der Waals surface area contributed by atoms with Gasteiger partial charge in [0.05, 0.1) is 7.11 Å². The molecular formula is C16H17FO3. The SMILES string of the molecule is COc1ccc(OCc2ccc(OCC[18F])cc2)cc1. The van der Waals surface area contributed by atoms with E-state index in [4.69, 9.17) is 14.2 Å². The molecule has 0 aromatic heterocycles. The summed E-state index contributed by atoms with van der Waals surface area (Å²) in [7, 11) is 1.63. The second-order valence-electron chi connectivity index (χ2n) is 4.15. The lowest BCUT2D eigenvalue weighted by molar-refractivity contribution is 0.272. The summed E-state index contributed by atoms with van der Waals surface area (Å²) in [6, 6.07) is 14.8. The molecule has 0 unspecified atom stereocenters. The van der Waals surface area contributed by atoms with E-state index in [1.54, 1.807) is 7.11 Å². The fourth-order valence-corrected chi connectivity index (χ4v) is 1.68. The average molecular weight is 275 g/mol. The van der Waals surface area contributed by atoms with Crippen molar-refractivity contribution in [2.45, 2.75) is 6.61 Å². The van der Waals surface area contributed by atoms with Crippen LogP contribution in [0.1, 0.15) is 5.56 Å². The molecule has 2 rings (SSSR count). The summed E-state index contributed by atoms with van der Waals surface area (Å²) in [6.45, 7) is 0.0692. The summed E-state index contributed by atoms with van der Waals surface area (Å²) in [4.78, 5) is 0. The topological polar surface area (TPSA) is 27.7 Å². The van der Waals surface area contributed by atoms with Gasteiger partial charge in [0.1, 0.15) is 37.1 Å². The first kappa shape index (κ1) is 14.2. The third-order valence-electron chi connectivity index (χ3n) is 2.73. The van der Waals surface area contributed by atoms with E-state index in [1.807, 2.05) is 48.5 Å². The molecule has 0 atom stereocenters. The van der Waals surface area contributed by atoms with Crippen molar-refractivity contribution in [2.75, 3.05) is 20.4 Å². The molecule has 0 spiro atoms. The molecule has 20 heavy (non-hydrogen) atoms. The van der Waals surface area contributed by atoms with Crippen LogP contribution in [0.5, 0.6) is 17.2 Å². The van der Waals surface area contributed by atoms with Crippen LogP contribution in [-0.4, -0.2) is 20.4 Å². The standard InChI is InChI=1S/C16H17FO3/c1-18-14-6-8-16(9-7-14)20-12-13-2-4-15(5-3-13)19-11-10-17/h2-9H,10-12H2,1H3/i17-1. The maximum absolute atomic E-state index is 12.0. The van der Waals surface area contributed by atoms with Gasteiger partial charge in [0.2, 0.25) is 0 Å². The van der Waals surface area contributed by atoms with Gasteiger partial charge in [0.15, 0.2) is 0 Å². The molecule has 0 amide bonds. The van der Waals surface area contributed by atoms with Crippen LogP contribution < -0.4 is 14.2 Å². The van der Waals surface area contributed by atoms with Crippen LogP contribution in [0, 0.1) is 0 Å². The molecule has 4 heteroatoms. The molecule has 0 saturated heterocycles. The summed E-state index contributed by atoms with van der Waals surface area (Å²) in [5.41, 5.74) is 1.02. The van der Waals surface area contributed by atoms with Gasteiger partial charge < -0.3 is 14.2 Å². The molecule has 0 aliphatic rings. The Labute approximate surface area is 117 Å². The maximum Gasteiger partial charge on any atom is 0.123 e. The average Bonchev–Trinajstić information content (AvgIpc) is 2.52. The van der Waals surface area contributed by atoms with Crippen LogP contribution in [-0.2, 0) is 6.61 Å². The minimum absolute atomic E-state index is 0.0850. The van der Waals surface area contributed by atoms with Crippen molar-refractivity contribution in [2.24, 2.45) is 0 Å². The molecule has 3 nitrogen and oxygen atoms in total. The summed E-state index contributed by atoms with van der Waals surface area (Å²) in [5.74, 6) is 2.24. The van der Waals surface area contributed by atoms with Crippen LogP contribution in [0.3, 0.4) is 0 Å². The quantitative estimate of drug-likeness (QED) is 0.772. The Morgan fingerprint density at radius 3 is 1.95 bits per heavy atom. The van der Waals surface area contributed by atoms with Crippen LogP contribution >= 0.6 is 0 Å². The van der Waals surface area contributed by atoms with Crippen molar-refractivity contribution in [1.29, 1.82) is 0 Å². The van der Waals surface area contributed by atoms with E-state index >= 15 is 0 Å². The molecule has 0 heterocycles. The zero-order valence-electron chi connectivity index (χ0n) is 11.3.